The molecule has 0 aliphatic rings. The zero-order valence-electron chi connectivity index (χ0n) is 13.4. The second-order valence-electron chi connectivity index (χ2n) is 5.32. The molecule has 8 heteroatoms. The number of amides is 1. The average Bonchev–Trinajstić information content (AvgIpc) is 3.06. The molecule has 0 spiro atoms. The molecule has 126 valence electrons. The Kier molecular flexibility index (Phi) is 4.51. The van der Waals surface area contributed by atoms with Crippen molar-refractivity contribution in [2.24, 2.45) is 7.05 Å². The Morgan fingerprint density at radius 1 is 1.16 bits per heavy atom. The van der Waals surface area contributed by atoms with Crippen molar-refractivity contribution in [2.45, 2.75) is 6.54 Å². The fourth-order valence-corrected chi connectivity index (χ4v) is 2.31. The summed E-state index contributed by atoms with van der Waals surface area (Å²) >= 11 is 0. The van der Waals surface area contributed by atoms with Gasteiger partial charge < -0.3 is 10.4 Å². The maximum Gasteiger partial charge on any atom is 0.336 e. The first-order chi connectivity index (χ1) is 12.0. The number of hydrogen-bond acceptors (Lipinski definition) is 5. The summed E-state index contributed by atoms with van der Waals surface area (Å²) in [5, 5.41) is 15.9. The molecule has 0 radical (unpaired) electrons. The fraction of sp³-hybridized carbons (Fsp3) is 0.118. The summed E-state index contributed by atoms with van der Waals surface area (Å²) < 4.78 is 1.54. The lowest BCUT2D eigenvalue weighted by Crippen LogP contribution is -2.23. The number of carbonyl (C=O) groups excluding carboxylic acids is 1. The first-order valence-corrected chi connectivity index (χ1v) is 7.45. The number of carboxylic acid groups (broad SMARTS) is 1. The first kappa shape index (κ1) is 16.3. The molecule has 8 nitrogen and oxygen atoms in total. The Morgan fingerprint density at radius 2 is 1.88 bits per heavy atom. The van der Waals surface area contributed by atoms with E-state index >= 15 is 0 Å². The van der Waals surface area contributed by atoms with Gasteiger partial charge in [0.25, 0.3) is 5.91 Å². The monoisotopic (exact) mass is 337 g/mol. The van der Waals surface area contributed by atoms with Crippen LogP contribution in [0.1, 0.15) is 26.5 Å². The van der Waals surface area contributed by atoms with Crippen molar-refractivity contribution in [1.29, 1.82) is 0 Å². The molecule has 0 atom stereocenters. The van der Waals surface area contributed by atoms with Crippen LogP contribution in [0.3, 0.4) is 0 Å². The van der Waals surface area contributed by atoms with Gasteiger partial charge in [-0.3, -0.25) is 9.48 Å². The summed E-state index contributed by atoms with van der Waals surface area (Å²) in [4.78, 5) is 31.6. The van der Waals surface area contributed by atoms with E-state index in [1.807, 2.05) is 0 Å². The molecule has 0 bridgehead atoms. The standard InChI is InChI=1S/C17H15N5O3/c1-22-10-12(8-21-22)16(23)20-9-15-18-6-11(7-19-15)13-4-2-3-5-14(13)17(24)25/h2-8,10H,9H2,1H3,(H,20,23)(H,24,25). The van der Waals surface area contributed by atoms with Crippen LogP contribution in [0.25, 0.3) is 11.1 Å². The molecule has 1 amide bonds. The minimum Gasteiger partial charge on any atom is -0.478 e. The van der Waals surface area contributed by atoms with E-state index in [1.165, 1.54) is 12.3 Å². The third-order valence-corrected chi connectivity index (χ3v) is 3.55. The number of nitrogens with one attached hydrogen (secondary N) is 1. The molecule has 0 fully saturated rings. The molecule has 0 unspecified atom stereocenters. The Bertz CT molecular complexity index is 918. The van der Waals surface area contributed by atoms with E-state index in [4.69, 9.17) is 0 Å². The Hall–Kier alpha value is -3.55. The van der Waals surface area contributed by atoms with Crippen molar-refractivity contribution in [3.05, 3.63) is 66.0 Å². The van der Waals surface area contributed by atoms with Crippen molar-refractivity contribution < 1.29 is 14.7 Å². The lowest BCUT2D eigenvalue weighted by Gasteiger charge is -2.07. The van der Waals surface area contributed by atoms with Gasteiger partial charge in [-0.25, -0.2) is 14.8 Å². The number of aryl methyl sites for hydroxylation is 1. The Labute approximate surface area is 143 Å². The van der Waals surface area contributed by atoms with Gasteiger partial charge in [-0.05, 0) is 11.6 Å². The van der Waals surface area contributed by atoms with Gasteiger partial charge in [-0.15, -0.1) is 0 Å². The minimum absolute atomic E-state index is 0.161. The maximum absolute atomic E-state index is 12.0. The van der Waals surface area contributed by atoms with Crippen molar-refractivity contribution in [1.82, 2.24) is 25.1 Å². The molecule has 3 rings (SSSR count). The smallest absolute Gasteiger partial charge is 0.336 e. The van der Waals surface area contributed by atoms with Crippen LogP contribution in [0.15, 0.2) is 49.1 Å². The highest BCUT2D eigenvalue weighted by atomic mass is 16.4. The van der Waals surface area contributed by atoms with Crippen LogP contribution < -0.4 is 5.32 Å². The van der Waals surface area contributed by atoms with Crippen LogP contribution in [-0.2, 0) is 13.6 Å². The molecule has 3 aromatic rings. The third-order valence-electron chi connectivity index (χ3n) is 3.55. The van der Waals surface area contributed by atoms with Crippen LogP contribution in [0, 0.1) is 0 Å². The highest BCUT2D eigenvalue weighted by Crippen LogP contribution is 2.22. The van der Waals surface area contributed by atoms with Gasteiger partial charge in [0, 0.05) is 31.2 Å². The SMILES string of the molecule is Cn1cc(C(=O)NCc2ncc(-c3ccccc3C(=O)O)cn2)cn1. The van der Waals surface area contributed by atoms with Gasteiger partial charge in [0.05, 0.1) is 23.9 Å². The lowest BCUT2D eigenvalue weighted by molar-refractivity contribution is 0.0697. The predicted molar refractivity (Wildman–Crippen MR) is 88.8 cm³/mol. The predicted octanol–water partition coefficient (Wildman–Crippen LogP) is 1.51. The van der Waals surface area contributed by atoms with Crippen LogP contribution in [0.2, 0.25) is 0 Å². The highest BCUT2D eigenvalue weighted by Gasteiger charge is 2.12. The zero-order valence-corrected chi connectivity index (χ0v) is 13.4. The first-order valence-electron chi connectivity index (χ1n) is 7.45. The molecular formula is C17H15N5O3. The number of aromatic carboxylic acids is 1. The number of carboxylic acids is 1. The quantitative estimate of drug-likeness (QED) is 0.730. The number of rotatable bonds is 5. The highest BCUT2D eigenvalue weighted by molar-refractivity contribution is 5.95. The van der Waals surface area contributed by atoms with Gasteiger partial charge in [-0.2, -0.15) is 5.10 Å². The number of carbonyl (C=O) groups is 2. The molecule has 0 saturated carbocycles. The second kappa shape index (κ2) is 6.91. The van der Waals surface area contributed by atoms with Gasteiger partial charge >= 0.3 is 5.97 Å². The third kappa shape index (κ3) is 3.69. The van der Waals surface area contributed by atoms with Crippen LogP contribution in [0.4, 0.5) is 0 Å². The number of nitrogens with zero attached hydrogens (tertiary/aromatic N) is 4. The molecule has 0 aliphatic carbocycles. The lowest BCUT2D eigenvalue weighted by atomic mass is 10.0. The largest absolute Gasteiger partial charge is 0.478 e. The molecule has 0 saturated heterocycles. The number of hydrogen-bond donors (Lipinski definition) is 2. The molecule has 2 N–H and O–H groups in total. The summed E-state index contributed by atoms with van der Waals surface area (Å²) in [6.07, 6.45) is 6.17. The topological polar surface area (TPSA) is 110 Å². The zero-order chi connectivity index (χ0) is 17.8. The van der Waals surface area contributed by atoms with Crippen LogP contribution >= 0.6 is 0 Å². The van der Waals surface area contributed by atoms with E-state index in [0.29, 0.717) is 22.5 Å². The normalized spacial score (nSPS) is 10.4. The summed E-state index contributed by atoms with van der Waals surface area (Å²) in [6.45, 7) is 0.161. The molecule has 2 heterocycles. The second-order valence-corrected chi connectivity index (χ2v) is 5.32. The van der Waals surface area contributed by atoms with E-state index < -0.39 is 5.97 Å². The Morgan fingerprint density at radius 3 is 2.52 bits per heavy atom. The molecular weight excluding hydrogens is 322 g/mol. The van der Waals surface area contributed by atoms with E-state index in [-0.39, 0.29) is 18.0 Å². The summed E-state index contributed by atoms with van der Waals surface area (Å²) in [7, 11) is 1.73. The van der Waals surface area contributed by atoms with E-state index in [2.05, 4.69) is 20.4 Å². The van der Waals surface area contributed by atoms with Crippen molar-refractivity contribution >= 4 is 11.9 Å². The summed E-state index contributed by atoms with van der Waals surface area (Å²) in [5.41, 5.74) is 1.78. The molecule has 0 aliphatic heterocycles. The van der Waals surface area contributed by atoms with Crippen LogP contribution in [0.5, 0.6) is 0 Å². The maximum atomic E-state index is 12.0. The van der Waals surface area contributed by atoms with Crippen molar-refractivity contribution in [3.8, 4) is 11.1 Å². The fourth-order valence-electron chi connectivity index (χ4n) is 2.31. The number of aromatic nitrogens is 4. The van der Waals surface area contributed by atoms with E-state index in [1.54, 1.807) is 48.5 Å². The van der Waals surface area contributed by atoms with E-state index in [9.17, 15) is 14.7 Å². The summed E-state index contributed by atoms with van der Waals surface area (Å²) in [5.74, 6) is -0.853. The van der Waals surface area contributed by atoms with Gasteiger partial charge in [0.1, 0.15) is 5.82 Å². The van der Waals surface area contributed by atoms with Gasteiger partial charge in [0.15, 0.2) is 0 Å². The van der Waals surface area contributed by atoms with Crippen LogP contribution in [-0.4, -0.2) is 36.7 Å². The number of benzene rings is 1. The van der Waals surface area contributed by atoms with Crippen molar-refractivity contribution in [2.75, 3.05) is 0 Å². The van der Waals surface area contributed by atoms with Gasteiger partial charge in [0.2, 0.25) is 0 Å². The molecule has 2 aromatic heterocycles. The average molecular weight is 337 g/mol. The van der Waals surface area contributed by atoms with Gasteiger partial charge in [-0.1, -0.05) is 18.2 Å². The van der Waals surface area contributed by atoms with Crippen molar-refractivity contribution in [3.63, 3.8) is 0 Å². The minimum atomic E-state index is -1.01. The molecule has 1 aromatic carbocycles. The summed E-state index contributed by atoms with van der Waals surface area (Å²) in [6, 6.07) is 6.64. The Balaban J connectivity index is 1.71. The van der Waals surface area contributed by atoms with E-state index in [0.717, 1.165) is 0 Å². The molecule has 25 heavy (non-hydrogen) atoms.